The summed E-state index contributed by atoms with van der Waals surface area (Å²) < 4.78 is 35.7. The van der Waals surface area contributed by atoms with Crippen molar-refractivity contribution in [3.8, 4) is 11.5 Å². The second-order valence-corrected chi connectivity index (χ2v) is 8.53. The van der Waals surface area contributed by atoms with Crippen LogP contribution in [0.25, 0.3) is 0 Å². The van der Waals surface area contributed by atoms with E-state index in [0.717, 1.165) is 57.8 Å². The summed E-state index contributed by atoms with van der Waals surface area (Å²) in [6.07, 6.45) is 8.54. The van der Waals surface area contributed by atoms with E-state index in [1.54, 1.807) is 0 Å². The van der Waals surface area contributed by atoms with Gasteiger partial charge in [0.25, 0.3) is 0 Å². The van der Waals surface area contributed by atoms with E-state index in [9.17, 15) is 18.4 Å². The van der Waals surface area contributed by atoms with E-state index in [-0.39, 0.29) is 23.2 Å². The van der Waals surface area contributed by atoms with Crippen LogP contribution < -0.4 is 20.9 Å². The molecule has 0 heterocycles. The van der Waals surface area contributed by atoms with Gasteiger partial charge in [-0.1, -0.05) is 44.9 Å². The van der Waals surface area contributed by atoms with E-state index < -0.39 is 23.8 Å². The summed E-state index contributed by atoms with van der Waals surface area (Å²) in [5, 5.41) is 0. The molecule has 37 heavy (non-hydrogen) atoms. The van der Waals surface area contributed by atoms with Gasteiger partial charge < -0.3 is 20.9 Å². The number of hydrogen-bond donors (Lipinski definition) is 2. The van der Waals surface area contributed by atoms with Crippen molar-refractivity contribution in [3.05, 3.63) is 60.2 Å². The predicted molar refractivity (Wildman–Crippen MR) is 139 cm³/mol. The molecule has 2 amide bonds. The molecular weight excluding hydrogens is 482 g/mol. The molecule has 2 aromatic carbocycles. The van der Waals surface area contributed by atoms with Crippen molar-refractivity contribution in [2.24, 2.45) is 21.5 Å². The second kappa shape index (κ2) is 16.8. The molecule has 2 rings (SSSR count). The largest absolute Gasteiger partial charge is 0.440 e. The minimum atomic E-state index is -0.818. The predicted octanol–water partition coefficient (Wildman–Crippen LogP) is 6.67. The molecule has 0 aromatic heterocycles. The van der Waals surface area contributed by atoms with E-state index in [2.05, 4.69) is 9.98 Å². The van der Waals surface area contributed by atoms with Crippen molar-refractivity contribution >= 4 is 23.9 Å². The van der Waals surface area contributed by atoms with Gasteiger partial charge in [0.05, 0.1) is 0 Å². The fourth-order valence-electron chi connectivity index (χ4n) is 3.45. The summed E-state index contributed by atoms with van der Waals surface area (Å²) in [7, 11) is 0. The number of nitrogens with zero attached hydrogens (tertiary/aromatic N) is 2. The summed E-state index contributed by atoms with van der Waals surface area (Å²) in [5.41, 5.74) is 11.6. The van der Waals surface area contributed by atoms with Crippen LogP contribution in [0, 0.1) is 11.6 Å². The van der Waals surface area contributed by atoms with Gasteiger partial charge in [0.15, 0.2) is 0 Å². The lowest BCUT2D eigenvalue weighted by Gasteiger charge is -2.04. The highest BCUT2D eigenvalue weighted by Crippen LogP contribution is 2.14. The number of halogens is 2. The SMILES string of the molecule is N/C(CCCCCCCCCCC/C(N)=N/C(=O)Oc1ccc(F)cc1)=N\C(=O)Oc1ccc(F)cc1. The van der Waals surface area contributed by atoms with Crippen LogP contribution in [-0.4, -0.2) is 23.9 Å². The highest BCUT2D eigenvalue weighted by Gasteiger charge is 2.06. The summed E-state index contributed by atoms with van der Waals surface area (Å²) in [5.74, 6) is 0.0306. The Morgan fingerprint density at radius 1 is 0.568 bits per heavy atom. The summed E-state index contributed by atoms with van der Waals surface area (Å²) >= 11 is 0. The average molecular weight is 517 g/mol. The molecule has 0 unspecified atom stereocenters. The van der Waals surface area contributed by atoms with Gasteiger partial charge >= 0.3 is 12.2 Å². The van der Waals surface area contributed by atoms with E-state index >= 15 is 0 Å². The first kappa shape index (κ1) is 29.4. The smallest absolute Gasteiger partial charge is 0.409 e. The Kier molecular flexibility index (Phi) is 13.3. The van der Waals surface area contributed by atoms with Crippen LogP contribution in [0.3, 0.4) is 0 Å². The Morgan fingerprint density at radius 2 is 0.865 bits per heavy atom. The van der Waals surface area contributed by atoms with Crippen LogP contribution >= 0.6 is 0 Å². The average Bonchev–Trinajstić information content (AvgIpc) is 2.85. The molecular formula is C27H34F2N4O4. The Balaban J connectivity index is 1.44. The molecule has 0 fully saturated rings. The number of rotatable bonds is 14. The van der Waals surface area contributed by atoms with E-state index in [4.69, 9.17) is 20.9 Å². The zero-order valence-electron chi connectivity index (χ0n) is 20.8. The summed E-state index contributed by atoms with van der Waals surface area (Å²) in [6, 6.07) is 10.2. The van der Waals surface area contributed by atoms with E-state index in [1.807, 2.05) is 0 Å². The summed E-state index contributed by atoms with van der Waals surface area (Å²) in [6.45, 7) is 0. The van der Waals surface area contributed by atoms with Crippen molar-refractivity contribution in [3.63, 3.8) is 0 Å². The Bertz CT molecular complexity index is 958. The van der Waals surface area contributed by atoms with Crippen molar-refractivity contribution in [1.29, 1.82) is 0 Å². The lowest BCUT2D eigenvalue weighted by atomic mass is 10.1. The molecule has 0 bridgehead atoms. The Labute approximate surface area is 215 Å². The number of benzene rings is 2. The lowest BCUT2D eigenvalue weighted by molar-refractivity contribution is 0.210. The van der Waals surface area contributed by atoms with Crippen molar-refractivity contribution in [2.45, 2.75) is 70.6 Å². The third-order valence-corrected chi connectivity index (χ3v) is 5.37. The zero-order chi connectivity index (χ0) is 26.9. The molecule has 0 radical (unpaired) electrons. The zero-order valence-corrected chi connectivity index (χ0v) is 20.8. The van der Waals surface area contributed by atoms with Crippen molar-refractivity contribution in [2.75, 3.05) is 0 Å². The second-order valence-electron chi connectivity index (χ2n) is 8.53. The third-order valence-electron chi connectivity index (χ3n) is 5.37. The number of amides is 2. The number of unbranched alkanes of at least 4 members (excludes halogenated alkanes) is 8. The topological polar surface area (TPSA) is 129 Å². The Morgan fingerprint density at radius 3 is 1.19 bits per heavy atom. The molecule has 0 saturated heterocycles. The molecule has 0 spiro atoms. The van der Waals surface area contributed by atoms with E-state index in [1.165, 1.54) is 48.5 Å². The molecule has 200 valence electrons. The Hall–Kier alpha value is -3.82. The van der Waals surface area contributed by atoms with Gasteiger partial charge in [0, 0.05) is 12.8 Å². The highest BCUT2D eigenvalue weighted by molar-refractivity contribution is 5.91. The van der Waals surface area contributed by atoms with Gasteiger partial charge in [-0.2, -0.15) is 9.98 Å². The number of carbonyl (C=O) groups is 2. The molecule has 4 N–H and O–H groups in total. The monoisotopic (exact) mass is 516 g/mol. The quantitative estimate of drug-likeness (QED) is 0.164. The number of aliphatic imine (C=N–C) groups is 2. The van der Waals surface area contributed by atoms with Gasteiger partial charge in [0.1, 0.15) is 34.8 Å². The standard InChI is InChI=1S/C27H34F2N4O4/c28-20-12-16-22(17-13-20)36-26(34)32-24(30)10-8-6-4-2-1-3-5-7-9-11-25(31)33-27(35)37-23-18-14-21(29)15-19-23/h12-19H,1-11H2,(H2,30,32,34)(H2,31,33,35). The number of carbonyl (C=O) groups excluding carboxylic acids is 2. The maximum absolute atomic E-state index is 12.9. The van der Waals surface area contributed by atoms with Crippen molar-refractivity contribution in [1.82, 2.24) is 0 Å². The number of hydrogen-bond acceptors (Lipinski definition) is 4. The number of amidine groups is 2. The van der Waals surface area contributed by atoms with Gasteiger partial charge in [-0.05, 0) is 61.4 Å². The molecule has 0 aliphatic rings. The van der Waals surface area contributed by atoms with Crippen LogP contribution in [0.1, 0.15) is 70.6 Å². The maximum Gasteiger partial charge on any atom is 0.440 e. The molecule has 0 saturated carbocycles. The third kappa shape index (κ3) is 13.7. The van der Waals surface area contributed by atoms with Crippen LogP contribution in [0.15, 0.2) is 58.5 Å². The molecule has 10 heteroatoms. The fourth-order valence-corrected chi connectivity index (χ4v) is 3.45. The minimum Gasteiger partial charge on any atom is -0.409 e. The number of nitrogens with two attached hydrogens (primary N) is 2. The molecule has 2 aromatic rings. The molecule has 0 aliphatic heterocycles. The lowest BCUT2D eigenvalue weighted by Crippen LogP contribution is -2.16. The van der Waals surface area contributed by atoms with Crippen LogP contribution in [0.2, 0.25) is 0 Å². The van der Waals surface area contributed by atoms with Gasteiger partial charge in [-0.3, -0.25) is 0 Å². The van der Waals surface area contributed by atoms with Crippen LogP contribution in [0.5, 0.6) is 11.5 Å². The van der Waals surface area contributed by atoms with E-state index in [0.29, 0.717) is 12.8 Å². The van der Waals surface area contributed by atoms with Crippen molar-refractivity contribution < 1.29 is 27.8 Å². The number of ether oxygens (including phenoxy) is 2. The van der Waals surface area contributed by atoms with Gasteiger partial charge in [-0.25, -0.2) is 18.4 Å². The minimum absolute atomic E-state index is 0.211. The first-order valence-corrected chi connectivity index (χ1v) is 12.4. The maximum atomic E-state index is 12.9. The summed E-state index contributed by atoms with van der Waals surface area (Å²) in [4.78, 5) is 30.9. The first-order chi connectivity index (χ1) is 17.8. The molecule has 0 atom stereocenters. The van der Waals surface area contributed by atoms with Crippen LogP contribution in [-0.2, 0) is 0 Å². The fraction of sp³-hybridized carbons (Fsp3) is 0.407. The van der Waals surface area contributed by atoms with Crippen LogP contribution in [0.4, 0.5) is 18.4 Å². The van der Waals surface area contributed by atoms with Gasteiger partial charge in [-0.15, -0.1) is 0 Å². The highest BCUT2D eigenvalue weighted by atomic mass is 19.1. The molecule has 0 aliphatic carbocycles. The first-order valence-electron chi connectivity index (χ1n) is 12.4. The normalized spacial score (nSPS) is 11.8. The molecule has 8 nitrogen and oxygen atoms in total. The van der Waals surface area contributed by atoms with Gasteiger partial charge in [0.2, 0.25) is 0 Å².